The lowest BCUT2D eigenvalue weighted by atomic mass is 10.1. The number of hydrogen-bond donors (Lipinski definition) is 2. The van der Waals surface area contributed by atoms with Gasteiger partial charge in [0.05, 0.1) is 22.1 Å². The number of sulfonamides is 1. The van der Waals surface area contributed by atoms with E-state index in [1.165, 1.54) is 48.7 Å². The molecule has 4 rings (SSSR count). The van der Waals surface area contributed by atoms with Crippen molar-refractivity contribution >= 4 is 39.4 Å². The summed E-state index contributed by atoms with van der Waals surface area (Å²) in [5.74, 6) is -0.659. The average molecular weight is 616 g/mol. The zero-order chi connectivity index (χ0) is 31.5. The summed E-state index contributed by atoms with van der Waals surface area (Å²) in [5, 5.41) is 18.4. The van der Waals surface area contributed by atoms with Gasteiger partial charge >= 0.3 is 0 Å². The molecule has 226 valence electrons. The highest BCUT2D eigenvalue weighted by Gasteiger charge is 2.31. The van der Waals surface area contributed by atoms with Crippen LogP contribution < -0.4 is 19.8 Å². The molecule has 0 heterocycles. The fourth-order valence-corrected chi connectivity index (χ4v) is 5.56. The number of rotatable bonds is 13. The number of carbonyl (C=O) groups excluding carboxylic acids is 2. The summed E-state index contributed by atoms with van der Waals surface area (Å²) >= 11 is 0. The Balaban J connectivity index is 1.36. The molecule has 0 saturated heterocycles. The lowest BCUT2D eigenvalue weighted by Gasteiger charge is -2.23. The number of nitro benzene ring substituents is 1. The third kappa shape index (κ3) is 8.26. The van der Waals surface area contributed by atoms with Gasteiger partial charge in [-0.05, 0) is 60.5 Å². The van der Waals surface area contributed by atoms with Crippen molar-refractivity contribution in [2.45, 2.75) is 17.9 Å². The molecule has 0 aromatic heterocycles. The number of para-hydroxylation sites is 2. The predicted octanol–water partition coefficient (Wildman–Crippen LogP) is 4.20. The van der Waals surface area contributed by atoms with E-state index in [2.05, 4.69) is 15.8 Å². The second kappa shape index (κ2) is 14.6. The van der Waals surface area contributed by atoms with Crippen molar-refractivity contribution in [1.29, 1.82) is 0 Å². The lowest BCUT2D eigenvalue weighted by molar-refractivity contribution is -0.384. The van der Waals surface area contributed by atoms with Crippen LogP contribution in [0.15, 0.2) is 119 Å². The fourth-order valence-electron chi connectivity index (χ4n) is 4.10. The van der Waals surface area contributed by atoms with Crippen molar-refractivity contribution in [2.75, 3.05) is 17.5 Å². The van der Waals surface area contributed by atoms with E-state index < -0.39 is 33.1 Å². The minimum absolute atomic E-state index is 0.139. The van der Waals surface area contributed by atoms with E-state index in [4.69, 9.17) is 4.74 Å². The first-order valence-corrected chi connectivity index (χ1v) is 14.8. The number of ether oxygens (including phenoxy) is 1. The van der Waals surface area contributed by atoms with Crippen LogP contribution in [0, 0.1) is 10.1 Å². The molecule has 2 amide bonds. The van der Waals surface area contributed by atoms with Gasteiger partial charge in [0.15, 0.2) is 6.61 Å². The number of benzene rings is 4. The number of nitro groups is 1. The maximum Gasteiger partial charge on any atom is 0.293 e. The van der Waals surface area contributed by atoms with Crippen molar-refractivity contribution in [1.82, 2.24) is 10.7 Å². The smallest absolute Gasteiger partial charge is 0.293 e. The maximum absolute atomic E-state index is 13.4. The van der Waals surface area contributed by atoms with Crippen LogP contribution in [-0.2, 0) is 19.6 Å². The Labute approximate surface area is 254 Å². The van der Waals surface area contributed by atoms with Gasteiger partial charge in [0.1, 0.15) is 18.0 Å². The van der Waals surface area contributed by atoms with Crippen LogP contribution in [0.25, 0.3) is 0 Å². The molecule has 0 fully saturated rings. The van der Waals surface area contributed by atoms with Crippen LogP contribution in [0.4, 0.5) is 11.4 Å². The van der Waals surface area contributed by atoms with Crippen molar-refractivity contribution in [3.63, 3.8) is 0 Å². The monoisotopic (exact) mass is 615 g/mol. The highest BCUT2D eigenvalue weighted by Crippen LogP contribution is 2.32. The summed E-state index contributed by atoms with van der Waals surface area (Å²) in [6.07, 6.45) is 1.33. The van der Waals surface area contributed by atoms with Gasteiger partial charge in [-0.1, -0.05) is 60.7 Å². The second-order valence-electron chi connectivity index (χ2n) is 9.42. The molecule has 0 radical (unpaired) electrons. The van der Waals surface area contributed by atoms with Crippen molar-refractivity contribution in [3.05, 3.63) is 130 Å². The molecular formula is C31H29N5O7S. The van der Waals surface area contributed by atoms with Crippen LogP contribution in [0.1, 0.15) is 24.1 Å². The SMILES string of the molecule is C[C@@H](NC(=O)COc1ccc(/C=N\NC(=O)CN(c2ccccc2[N+](=O)[O-])S(=O)(=O)c2ccccc2)cc1)c1ccccc1. The van der Waals surface area contributed by atoms with Gasteiger partial charge in [0.2, 0.25) is 0 Å². The number of hydrazone groups is 1. The Kier molecular flexibility index (Phi) is 10.4. The Bertz CT molecular complexity index is 1730. The fraction of sp³-hybridized carbons (Fsp3) is 0.129. The van der Waals surface area contributed by atoms with E-state index in [0.717, 1.165) is 11.6 Å². The van der Waals surface area contributed by atoms with E-state index in [-0.39, 0.29) is 29.1 Å². The molecule has 44 heavy (non-hydrogen) atoms. The van der Waals surface area contributed by atoms with Crippen molar-refractivity contribution < 1.29 is 27.7 Å². The number of carbonyl (C=O) groups is 2. The molecule has 2 N–H and O–H groups in total. The van der Waals surface area contributed by atoms with E-state index in [0.29, 0.717) is 15.6 Å². The van der Waals surface area contributed by atoms with Crippen LogP contribution in [-0.4, -0.2) is 44.5 Å². The minimum atomic E-state index is -4.35. The van der Waals surface area contributed by atoms with Gasteiger partial charge in [-0.25, -0.2) is 18.1 Å². The standard InChI is InChI=1S/C31H29N5O7S/c1-23(25-10-4-2-5-11-25)33-31(38)22-43-26-18-16-24(17-19-26)20-32-34-30(37)21-35(28-14-8-9-15-29(28)36(39)40)44(41,42)27-12-6-3-7-13-27/h2-20,23H,21-22H2,1H3,(H,33,38)(H,34,37)/b32-20-/t23-/m1/s1. The highest BCUT2D eigenvalue weighted by molar-refractivity contribution is 7.92. The van der Waals surface area contributed by atoms with E-state index in [1.54, 1.807) is 30.3 Å². The Morgan fingerprint density at radius 2 is 1.52 bits per heavy atom. The largest absolute Gasteiger partial charge is 0.484 e. The number of nitrogens with zero attached hydrogens (tertiary/aromatic N) is 3. The summed E-state index contributed by atoms with van der Waals surface area (Å²) in [6.45, 7) is 0.936. The minimum Gasteiger partial charge on any atom is -0.484 e. The molecule has 0 aliphatic rings. The molecule has 12 nitrogen and oxygen atoms in total. The van der Waals surface area contributed by atoms with E-state index in [9.17, 15) is 28.1 Å². The molecule has 0 unspecified atom stereocenters. The summed E-state index contributed by atoms with van der Waals surface area (Å²) in [6, 6.07) is 28.5. The third-order valence-corrected chi connectivity index (χ3v) is 8.07. The Morgan fingerprint density at radius 3 is 2.18 bits per heavy atom. The molecule has 0 aliphatic carbocycles. The zero-order valence-corrected chi connectivity index (χ0v) is 24.4. The van der Waals surface area contributed by atoms with Crippen molar-refractivity contribution in [3.8, 4) is 5.75 Å². The molecule has 4 aromatic carbocycles. The molecule has 13 heteroatoms. The van der Waals surface area contributed by atoms with E-state index >= 15 is 0 Å². The molecular weight excluding hydrogens is 586 g/mol. The maximum atomic E-state index is 13.4. The van der Waals surface area contributed by atoms with Gasteiger partial charge in [-0.3, -0.25) is 19.7 Å². The summed E-state index contributed by atoms with van der Waals surface area (Å²) < 4.78 is 33.1. The predicted molar refractivity (Wildman–Crippen MR) is 165 cm³/mol. The quantitative estimate of drug-likeness (QED) is 0.130. The van der Waals surface area contributed by atoms with Crippen LogP contribution in [0.3, 0.4) is 0 Å². The Hall–Kier alpha value is -5.56. The average Bonchev–Trinajstić information content (AvgIpc) is 3.04. The number of amides is 2. The van der Waals surface area contributed by atoms with Gasteiger partial charge in [-0.2, -0.15) is 5.10 Å². The molecule has 1 atom stereocenters. The highest BCUT2D eigenvalue weighted by atomic mass is 32.2. The number of anilines is 1. The van der Waals surface area contributed by atoms with Gasteiger partial charge in [0.25, 0.3) is 27.5 Å². The first-order valence-electron chi connectivity index (χ1n) is 13.4. The van der Waals surface area contributed by atoms with E-state index in [1.807, 2.05) is 37.3 Å². The van der Waals surface area contributed by atoms with Gasteiger partial charge in [-0.15, -0.1) is 0 Å². The summed E-state index contributed by atoms with van der Waals surface area (Å²) in [5.41, 5.74) is 3.07. The van der Waals surface area contributed by atoms with Gasteiger partial charge < -0.3 is 10.1 Å². The summed E-state index contributed by atoms with van der Waals surface area (Å²) in [4.78, 5) is 35.8. The summed E-state index contributed by atoms with van der Waals surface area (Å²) in [7, 11) is -4.35. The second-order valence-corrected chi connectivity index (χ2v) is 11.3. The normalized spacial score (nSPS) is 11.8. The topological polar surface area (TPSA) is 160 Å². The zero-order valence-electron chi connectivity index (χ0n) is 23.6. The van der Waals surface area contributed by atoms with Crippen molar-refractivity contribution in [2.24, 2.45) is 5.10 Å². The van der Waals surface area contributed by atoms with Crippen LogP contribution >= 0.6 is 0 Å². The first kappa shape index (κ1) is 31.4. The first-order chi connectivity index (χ1) is 21.1. The molecule has 4 aromatic rings. The lowest BCUT2D eigenvalue weighted by Crippen LogP contribution is -2.39. The third-order valence-electron chi connectivity index (χ3n) is 6.30. The molecule has 0 saturated carbocycles. The number of nitrogens with one attached hydrogen (secondary N) is 2. The molecule has 0 spiro atoms. The van der Waals surface area contributed by atoms with Gasteiger partial charge in [0, 0.05) is 6.07 Å². The van der Waals surface area contributed by atoms with Crippen LogP contribution in [0.5, 0.6) is 5.75 Å². The van der Waals surface area contributed by atoms with Crippen LogP contribution in [0.2, 0.25) is 0 Å². The number of hydrogen-bond acceptors (Lipinski definition) is 8. The Morgan fingerprint density at radius 1 is 0.909 bits per heavy atom. The molecule has 0 bridgehead atoms. The molecule has 0 aliphatic heterocycles.